The monoisotopic (exact) mass is 377 g/mol. The number of hydrogen-bond acceptors (Lipinski definition) is 2. The van der Waals surface area contributed by atoms with Gasteiger partial charge in [0.05, 0.1) is 4.90 Å². The van der Waals surface area contributed by atoms with Gasteiger partial charge in [-0.25, -0.2) is 13.1 Å². The zero-order valence-electron chi connectivity index (χ0n) is 14.2. The van der Waals surface area contributed by atoms with Crippen LogP contribution in [0.5, 0.6) is 0 Å². The molecule has 1 aliphatic carbocycles. The molecule has 0 bridgehead atoms. The van der Waals surface area contributed by atoms with E-state index >= 15 is 0 Å². The number of rotatable bonds is 6. The van der Waals surface area contributed by atoms with Crippen molar-refractivity contribution in [2.75, 3.05) is 6.54 Å². The molecule has 0 radical (unpaired) electrons. The minimum absolute atomic E-state index is 0.336. The Hall–Kier alpha value is -1.36. The molecule has 0 atom stereocenters. The molecule has 0 amide bonds. The van der Waals surface area contributed by atoms with Crippen LogP contribution in [0.15, 0.2) is 53.4 Å². The molecule has 5 heteroatoms. The zero-order chi connectivity index (χ0) is 17.7. The third-order valence-electron chi connectivity index (χ3n) is 4.89. The van der Waals surface area contributed by atoms with Crippen LogP contribution in [0.3, 0.4) is 0 Å². The maximum atomic E-state index is 12.4. The second kappa shape index (κ2) is 8.35. The number of nitrogens with one attached hydrogen (secondary N) is 1. The maximum Gasteiger partial charge on any atom is 0.240 e. The number of benzene rings is 2. The van der Waals surface area contributed by atoms with E-state index < -0.39 is 10.0 Å². The van der Waals surface area contributed by atoms with Crippen molar-refractivity contribution in [1.29, 1.82) is 0 Å². The molecule has 0 spiro atoms. The van der Waals surface area contributed by atoms with Crippen molar-refractivity contribution in [3.63, 3.8) is 0 Å². The van der Waals surface area contributed by atoms with Crippen molar-refractivity contribution >= 4 is 21.6 Å². The molecule has 25 heavy (non-hydrogen) atoms. The van der Waals surface area contributed by atoms with E-state index in [0.29, 0.717) is 28.8 Å². The summed E-state index contributed by atoms with van der Waals surface area (Å²) in [6.07, 6.45) is 6.93. The third kappa shape index (κ3) is 5.06. The normalized spacial score (nSPS) is 16.0. The summed E-state index contributed by atoms with van der Waals surface area (Å²) in [5, 5.41) is 0.683. The van der Waals surface area contributed by atoms with E-state index in [1.165, 1.54) is 37.7 Å². The summed E-state index contributed by atoms with van der Waals surface area (Å²) in [6, 6.07) is 14.9. The Balaban J connectivity index is 1.58. The zero-order valence-corrected chi connectivity index (χ0v) is 15.8. The van der Waals surface area contributed by atoms with Gasteiger partial charge in [0.15, 0.2) is 0 Å². The molecule has 0 unspecified atom stereocenters. The quantitative estimate of drug-likeness (QED) is 0.777. The van der Waals surface area contributed by atoms with Gasteiger partial charge in [0.1, 0.15) is 0 Å². The van der Waals surface area contributed by atoms with Gasteiger partial charge in [-0.15, -0.1) is 0 Å². The van der Waals surface area contributed by atoms with E-state index in [-0.39, 0.29) is 0 Å². The third-order valence-corrected chi connectivity index (χ3v) is 6.61. The minimum atomic E-state index is -3.46. The van der Waals surface area contributed by atoms with E-state index in [9.17, 15) is 8.42 Å². The lowest BCUT2D eigenvalue weighted by Crippen LogP contribution is -2.26. The van der Waals surface area contributed by atoms with Gasteiger partial charge >= 0.3 is 0 Å². The first kappa shape index (κ1) is 18.4. The minimum Gasteiger partial charge on any atom is -0.211 e. The number of halogens is 1. The first-order valence-electron chi connectivity index (χ1n) is 8.89. The SMILES string of the molecule is O=S(=O)(NCCc1ccc(Cl)cc1)c1ccc(C2CCCCC2)cc1. The van der Waals surface area contributed by atoms with E-state index in [1.54, 1.807) is 12.1 Å². The Bertz CT molecular complexity index is 779. The fraction of sp³-hybridized carbons (Fsp3) is 0.400. The lowest BCUT2D eigenvalue weighted by molar-refractivity contribution is 0.443. The predicted octanol–water partition coefficient (Wildman–Crippen LogP) is 4.91. The first-order chi connectivity index (χ1) is 12.0. The molecular formula is C20H24ClNO2S. The molecule has 1 saturated carbocycles. The van der Waals surface area contributed by atoms with Crippen molar-refractivity contribution in [3.05, 3.63) is 64.7 Å². The highest BCUT2D eigenvalue weighted by atomic mass is 35.5. The van der Waals surface area contributed by atoms with Crippen LogP contribution in [0.1, 0.15) is 49.1 Å². The first-order valence-corrected chi connectivity index (χ1v) is 10.7. The number of hydrogen-bond donors (Lipinski definition) is 1. The molecule has 1 fully saturated rings. The number of sulfonamides is 1. The van der Waals surface area contributed by atoms with Crippen LogP contribution in [0.2, 0.25) is 5.02 Å². The Labute approximate surface area is 155 Å². The molecule has 3 rings (SSSR count). The van der Waals surface area contributed by atoms with Crippen LogP contribution in [0.4, 0.5) is 0 Å². The highest BCUT2D eigenvalue weighted by Gasteiger charge is 2.17. The molecule has 0 saturated heterocycles. The predicted molar refractivity (Wildman–Crippen MR) is 103 cm³/mol. The molecule has 3 nitrogen and oxygen atoms in total. The average Bonchev–Trinajstić information content (AvgIpc) is 2.64. The molecular weight excluding hydrogens is 354 g/mol. The molecule has 1 aliphatic rings. The fourth-order valence-corrected chi connectivity index (χ4v) is 4.58. The van der Waals surface area contributed by atoms with Gasteiger partial charge in [0.25, 0.3) is 0 Å². The Kier molecular flexibility index (Phi) is 6.15. The van der Waals surface area contributed by atoms with Crippen LogP contribution in [-0.4, -0.2) is 15.0 Å². The average molecular weight is 378 g/mol. The van der Waals surface area contributed by atoms with Crippen molar-refractivity contribution in [3.8, 4) is 0 Å². The van der Waals surface area contributed by atoms with Crippen LogP contribution in [0.25, 0.3) is 0 Å². The Morgan fingerprint density at radius 1 is 0.920 bits per heavy atom. The van der Waals surface area contributed by atoms with Crippen molar-refractivity contribution in [2.24, 2.45) is 0 Å². The molecule has 1 N–H and O–H groups in total. The van der Waals surface area contributed by atoms with Crippen LogP contribution >= 0.6 is 11.6 Å². The molecule has 2 aromatic carbocycles. The van der Waals surface area contributed by atoms with Crippen molar-refractivity contribution in [2.45, 2.75) is 49.3 Å². The van der Waals surface area contributed by atoms with Gasteiger partial charge in [-0.3, -0.25) is 0 Å². The summed E-state index contributed by atoms with van der Waals surface area (Å²) >= 11 is 5.86. The molecule has 2 aromatic rings. The molecule has 134 valence electrons. The highest BCUT2D eigenvalue weighted by molar-refractivity contribution is 7.89. The van der Waals surface area contributed by atoms with Gasteiger partial charge in [-0.05, 0) is 60.6 Å². The Morgan fingerprint density at radius 3 is 2.20 bits per heavy atom. The topological polar surface area (TPSA) is 46.2 Å². The maximum absolute atomic E-state index is 12.4. The van der Waals surface area contributed by atoms with E-state index in [0.717, 1.165) is 5.56 Å². The Morgan fingerprint density at radius 2 is 1.56 bits per heavy atom. The van der Waals surface area contributed by atoms with Crippen molar-refractivity contribution in [1.82, 2.24) is 4.72 Å². The lowest BCUT2D eigenvalue weighted by atomic mass is 9.84. The van der Waals surface area contributed by atoms with Crippen LogP contribution in [0, 0.1) is 0 Å². The van der Waals surface area contributed by atoms with Crippen LogP contribution < -0.4 is 4.72 Å². The van der Waals surface area contributed by atoms with E-state index in [2.05, 4.69) is 4.72 Å². The summed E-state index contributed by atoms with van der Waals surface area (Å²) in [5.41, 5.74) is 2.32. The molecule has 0 aliphatic heterocycles. The largest absolute Gasteiger partial charge is 0.240 e. The smallest absolute Gasteiger partial charge is 0.211 e. The molecule has 0 heterocycles. The summed E-state index contributed by atoms with van der Waals surface area (Å²) in [7, 11) is -3.46. The summed E-state index contributed by atoms with van der Waals surface area (Å²) in [5.74, 6) is 0.586. The van der Waals surface area contributed by atoms with Crippen LogP contribution in [-0.2, 0) is 16.4 Å². The summed E-state index contributed by atoms with van der Waals surface area (Å²) in [4.78, 5) is 0.336. The van der Waals surface area contributed by atoms with Gasteiger partial charge < -0.3 is 0 Å². The van der Waals surface area contributed by atoms with Gasteiger partial charge in [-0.2, -0.15) is 0 Å². The fourth-order valence-electron chi connectivity index (χ4n) is 3.42. The molecule has 0 aromatic heterocycles. The van der Waals surface area contributed by atoms with Gasteiger partial charge in [0.2, 0.25) is 10.0 Å². The summed E-state index contributed by atoms with van der Waals surface area (Å²) < 4.78 is 27.5. The second-order valence-corrected chi connectivity index (χ2v) is 8.88. The standard InChI is InChI=1S/C20H24ClNO2S/c21-19-10-6-16(7-11-19)14-15-22-25(23,24)20-12-8-18(9-13-20)17-4-2-1-3-5-17/h6-13,17,22H,1-5,14-15H2. The van der Waals surface area contributed by atoms with Gasteiger partial charge in [0, 0.05) is 11.6 Å². The van der Waals surface area contributed by atoms with E-state index in [1.807, 2.05) is 36.4 Å². The van der Waals surface area contributed by atoms with Gasteiger partial charge in [-0.1, -0.05) is 55.1 Å². The van der Waals surface area contributed by atoms with E-state index in [4.69, 9.17) is 11.6 Å². The second-order valence-electron chi connectivity index (χ2n) is 6.68. The highest BCUT2D eigenvalue weighted by Crippen LogP contribution is 2.32. The summed E-state index contributed by atoms with van der Waals surface area (Å²) in [6.45, 7) is 0.369. The van der Waals surface area contributed by atoms with Crippen molar-refractivity contribution < 1.29 is 8.42 Å². The lowest BCUT2D eigenvalue weighted by Gasteiger charge is -2.22.